The molecule has 1 N–H and O–H groups in total. The van der Waals surface area contributed by atoms with Crippen LogP contribution in [0.1, 0.15) is 114 Å². The van der Waals surface area contributed by atoms with Gasteiger partial charge in [0.2, 0.25) is 0 Å². The third-order valence-electron chi connectivity index (χ3n) is 16.6. The van der Waals surface area contributed by atoms with Crippen molar-refractivity contribution in [3.05, 3.63) is 18.0 Å². The molecule has 9 nitrogen and oxygen atoms in total. The summed E-state index contributed by atoms with van der Waals surface area (Å²) in [4.78, 5) is 17.6. The van der Waals surface area contributed by atoms with E-state index in [9.17, 15) is 9.90 Å². The second-order valence-electron chi connectivity index (χ2n) is 19.0. The first-order valence-corrected chi connectivity index (χ1v) is 18.9. The van der Waals surface area contributed by atoms with Crippen molar-refractivity contribution in [2.75, 3.05) is 33.9 Å². The zero-order chi connectivity index (χ0) is 35.2. The molecule has 0 unspecified atom stereocenters. The summed E-state index contributed by atoms with van der Waals surface area (Å²) < 4.78 is 13.9. The van der Waals surface area contributed by atoms with Crippen molar-refractivity contribution < 1.29 is 19.4 Å². The van der Waals surface area contributed by atoms with Gasteiger partial charge in [-0.2, -0.15) is 4.80 Å². The monoisotopic (exact) mass is 668 g/mol. The van der Waals surface area contributed by atoms with Crippen LogP contribution >= 0.6 is 0 Å². The van der Waals surface area contributed by atoms with Crippen LogP contribution in [-0.2, 0) is 14.3 Å². The van der Waals surface area contributed by atoms with Crippen molar-refractivity contribution in [1.82, 2.24) is 25.1 Å². The lowest BCUT2D eigenvalue weighted by Gasteiger charge is -2.71. The van der Waals surface area contributed by atoms with Gasteiger partial charge in [-0.25, -0.2) is 0 Å². The number of allylic oxidation sites excluding steroid dienone is 1. The van der Waals surface area contributed by atoms with Crippen LogP contribution in [0.3, 0.4) is 0 Å². The van der Waals surface area contributed by atoms with E-state index in [0.717, 1.165) is 38.5 Å². The van der Waals surface area contributed by atoms with Gasteiger partial charge in [0.1, 0.15) is 6.04 Å². The molecule has 1 aliphatic heterocycles. The van der Waals surface area contributed by atoms with Crippen LogP contribution in [0.15, 0.2) is 18.0 Å². The summed E-state index contributed by atoms with van der Waals surface area (Å²) in [5.74, 6) is 0.863. The van der Waals surface area contributed by atoms with Gasteiger partial charge in [0.05, 0.1) is 31.8 Å². The Labute approximate surface area is 290 Å². The van der Waals surface area contributed by atoms with Gasteiger partial charge < -0.3 is 19.5 Å². The highest BCUT2D eigenvalue weighted by atomic mass is 16.5. The molecule has 48 heavy (non-hydrogen) atoms. The fourth-order valence-corrected chi connectivity index (χ4v) is 12.5. The molecule has 2 heterocycles. The molecule has 1 aromatic heterocycles. The van der Waals surface area contributed by atoms with E-state index < -0.39 is 11.9 Å². The highest BCUT2D eigenvalue weighted by Crippen LogP contribution is 2.75. The molecule has 4 aliphatic carbocycles. The average molecular weight is 668 g/mol. The van der Waals surface area contributed by atoms with Gasteiger partial charge >= 0.3 is 5.97 Å². The van der Waals surface area contributed by atoms with E-state index in [1.54, 1.807) is 6.33 Å². The smallest absolute Gasteiger partial charge is 0.307 e. The standard InChI is InChI=1S/C39H65N5O4/c1-24(2)26(5)34(6)17-18-36(8)27-13-14-30-35(7)20-47-22-39(30,28(27)15-16-37(36,9)31(34)33(45)46)19-29(44-41-23-40-42-44)32(35)48-21-38(10,25(3)4)43(11)12/h15,23-27,29-32H,13-14,16-22H2,1-12H3,(H,45,46)/t26-,27+,29-,30+,31-,32+,34-,35+,36-,37+,38+,39+/m1/s1. The van der Waals surface area contributed by atoms with Crippen LogP contribution in [0.5, 0.6) is 0 Å². The summed E-state index contributed by atoms with van der Waals surface area (Å²) in [5, 5.41) is 24.4. The number of carboxylic acid groups (broad SMARTS) is 1. The molecule has 1 saturated heterocycles. The molecule has 0 amide bonds. The van der Waals surface area contributed by atoms with Gasteiger partial charge in [-0.3, -0.25) is 4.79 Å². The highest BCUT2D eigenvalue weighted by molar-refractivity contribution is 5.73. The number of aromatic nitrogens is 4. The van der Waals surface area contributed by atoms with Crippen molar-refractivity contribution in [2.45, 2.75) is 125 Å². The number of carbonyl (C=O) groups is 1. The van der Waals surface area contributed by atoms with Gasteiger partial charge in [-0.05, 0) is 111 Å². The lowest BCUT2D eigenvalue weighted by atomic mass is 9.34. The lowest BCUT2D eigenvalue weighted by molar-refractivity contribution is -0.256. The summed E-state index contributed by atoms with van der Waals surface area (Å²) in [6.45, 7) is 25.1. The van der Waals surface area contributed by atoms with E-state index in [2.05, 4.69) is 110 Å². The molecule has 0 aromatic carbocycles. The van der Waals surface area contributed by atoms with E-state index in [1.165, 1.54) is 5.57 Å². The van der Waals surface area contributed by atoms with Crippen molar-refractivity contribution >= 4 is 5.97 Å². The van der Waals surface area contributed by atoms with Gasteiger partial charge in [-0.15, -0.1) is 10.2 Å². The van der Waals surface area contributed by atoms with Gasteiger partial charge in [0.15, 0.2) is 6.33 Å². The minimum absolute atomic E-state index is 0.0784. The van der Waals surface area contributed by atoms with Gasteiger partial charge in [0, 0.05) is 16.4 Å². The Bertz CT molecular complexity index is 1390. The summed E-state index contributed by atoms with van der Waals surface area (Å²) in [7, 11) is 4.29. The number of rotatable bonds is 9. The van der Waals surface area contributed by atoms with Gasteiger partial charge in [-0.1, -0.05) is 74.0 Å². The number of nitrogens with zero attached hydrogens (tertiary/aromatic N) is 5. The molecule has 0 radical (unpaired) electrons. The van der Waals surface area contributed by atoms with Crippen molar-refractivity contribution in [1.29, 1.82) is 0 Å². The fourth-order valence-electron chi connectivity index (χ4n) is 12.5. The van der Waals surface area contributed by atoms with Crippen molar-refractivity contribution in [3.63, 3.8) is 0 Å². The Hall–Kier alpha value is -1.84. The minimum atomic E-state index is -0.614. The maximum Gasteiger partial charge on any atom is 0.307 e. The van der Waals surface area contributed by atoms with Crippen LogP contribution in [0.2, 0.25) is 0 Å². The molecule has 6 rings (SSSR count). The van der Waals surface area contributed by atoms with E-state index in [4.69, 9.17) is 9.47 Å². The lowest BCUT2D eigenvalue weighted by Crippen LogP contribution is -2.69. The highest BCUT2D eigenvalue weighted by Gasteiger charge is 2.72. The molecule has 4 fully saturated rings. The first-order chi connectivity index (χ1) is 22.3. The van der Waals surface area contributed by atoms with E-state index in [1.807, 2.05) is 4.80 Å². The quantitative estimate of drug-likeness (QED) is 0.277. The maximum atomic E-state index is 13.4. The molecular weight excluding hydrogens is 602 g/mol. The number of hydrogen-bond donors (Lipinski definition) is 1. The first kappa shape index (κ1) is 36.0. The van der Waals surface area contributed by atoms with Crippen LogP contribution in [-0.4, -0.2) is 81.7 Å². The molecule has 5 aliphatic rings. The first-order valence-electron chi connectivity index (χ1n) is 18.9. The Kier molecular flexibility index (Phi) is 8.89. The summed E-state index contributed by atoms with van der Waals surface area (Å²) >= 11 is 0. The third-order valence-corrected chi connectivity index (χ3v) is 16.6. The van der Waals surface area contributed by atoms with E-state index in [0.29, 0.717) is 49.4 Å². The Morgan fingerprint density at radius 3 is 2.40 bits per heavy atom. The topological polar surface area (TPSA) is 103 Å². The molecule has 1 aromatic rings. The predicted molar refractivity (Wildman–Crippen MR) is 187 cm³/mol. The molecule has 2 bridgehead atoms. The Balaban J connectivity index is 1.43. The molecule has 0 spiro atoms. The molecule has 9 heteroatoms. The van der Waals surface area contributed by atoms with Crippen LogP contribution < -0.4 is 0 Å². The van der Waals surface area contributed by atoms with Crippen LogP contribution in [0.25, 0.3) is 0 Å². The Morgan fingerprint density at radius 2 is 1.81 bits per heavy atom. The van der Waals surface area contributed by atoms with E-state index in [-0.39, 0.29) is 44.8 Å². The zero-order valence-corrected chi connectivity index (χ0v) is 32.0. The maximum absolute atomic E-state index is 13.4. The third kappa shape index (κ3) is 4.78. The van der Waals surface area contributed by atoms with Crippen molar-refractivity contribution in [3.8, 4) is 0 Å². The number of ether oxygens (including phenoxy) is 2. The molecular formula is C39H65N5O4. The normalized spacial score (nSPS) is 44.4. The number of fused-ring (bicyclic) bond motifs is 3. The van der Waals surface area contributed by atoms with Crippen LogP contribution in [0.4, 0.5) is 0 Å². The second-order valence-corrected chi connectivity index (χ2v) is 19.0. The largest absolute Gasteiger partial charge is 0.481 e. The SMILES string of the molecule is CC(C)[C@@H](C)[C@@]1(C)CC[C@]2(C)[C@H]3CC[C@@H]4[C@@]5(COC[C@]4(C)[C@@H](OC[C@@](C)(C(C)C)N(C)C)[C@H](n4ncnn4)C5)C3=CC[C@@]2(C)[C@@H]1C(=O)O. The molecule has 270 valence electrons. The van der Waals surface area contributed by atoms with Crippen molar-refractivity contribution in [2.24, 2.45) is 62.6 Å². The summed E-state index contributed by atoms with van der Waals surface area (Å²) in [6.07, 6.45) is 9.76. The molecule has 3 saturated carbocycles. The zero-order valence-electron chi connectivity index (χ0n) is 32.0. The van der Waals surface area contributed by atoms with E-state index >= 15 is 0 Å². The van der Waals surface area contributed by atoms with Crippen LogP contribution in [0, 0.1) is 62.6 Å². The Morgan fingerprint density at radius 1 is 1.10 bits per heavy atom. The van der Waals surface area contributed by atoms with Gasteiger partial charge in [0.25, 0.3) is 0 Å². The average Bonchev–Trinajstić information content (AvgIpc) is 3.55. The summed E-state index contributed by atoms with van der Waals surface area (Å²) in [6, 6.07) is -0.0784. The number of hydrogen-bond acceptors (Lipinski definition) is 7. The predicted octanol–water partition coefficient (Wildman–Crippen LogP) is 7.16. The fraction of sp³-hybridized carbons (Fsp3) is 0.897. The molecule has 12 atom stereocenters. The number of aliphatic carboxylic acids is 1. The second kappa shape index (κ2) is 11.9. The number of tetrazole rings is 1. The minimum Gasteiger partial charge on any atom is -0.481 e. The number of likely N-dealkylation sites (N-methyl/N-ethyl adjacent to an activating group) is 1. The summed E-state index contributed by atoms with van der Waals surface area (Å²) in [5.41, 5.74) is 0.262. The number of carboxylic acids is 1.